The van der Waals surface area contributed by atoms with Crippen molar-refractivity contribution in [3.8, 4) is 11.4 Å². The Morgan fingerprint density at radius 2 is 2.12 bits per heavy atom. The van der Waals surface area contributed by atoms with E-state index in [0.717, 1.165) is 16.5 Å². The van der Waals surface area contributed by atoms with Gasteiger partial charge in [0.2, 0.25) is 5.82 Å². The topological polar surface area (TPSA) is 87.3 Å². The lowest BCUT2D eigenvalue weighted by Gasteiger charge is -2.01. The molecular weight excluding hydrogens is 218 g/mol. The van der Waals surface area contributed by atoms with E-state index < -0.39 is 0 Å². The van der Waals surface area contributed by atoms with Gasteiger partial charge in [-0.15, -0.1) is 10.2 Å². The minimum Gasteiger partial charge on any atom is -0.321 e. The second-order valence-corrected chi connectivity index (χ2v) is 3.84. The normalized spacial score (nSPS) is 10.9. The van der Waals surface area contributed by atoms with Gasteiger partial charge < -0.3 is 4.98 Å². The van der Waals surface area contributed by atoms with Crippen LogP contribution in [0.5, 0.6) is 0 Å². The fraction of sp³-hybridized carbons (Fsp3) is 0.0909. The Balaban J connectivity index is 2.33. The van der Waals surface area contributed by atoms with Gasteiger partial charge in [0.15, 0.2) is 0 Å². The molecule has 0 unspecified atom stereocenters. The van der Waals surface area contributed by atoms with Crippen LogP contribution in [0.4, 0.5) is 0 Å². The van der Waals surface area contributed by atoms with Gasteiger partial charge in [-0.3, -0.25) is 4.79 Å². The molecule has 3 rings (SSSR count). The number of aromatic nitrogens is 5. The highest BCUT2D eigenvalue weighted by atomic mass is 16.1. The van der Waals surface area contributed by atoms with Gasteiger partial charge in [-0.2, -0.15) is 5.21 Å². The summed E-state index contributed by atoms with van der Waals surface area (Å²) in [6.07, 6.45) is 0. The first kappa shape index (κ1) is 9.71. The third-order valence-electron chi connectivity index (χ3n) is 2.59. The highest BCUT2D eigenvalue weighted by Crippen LogP contribution is 2.16. The zero-order chi connectivity index (χ0) is 11.8. The molecule has 2 heterocycles. The number of benzene rings is 1. The summed E-state index contributed by atoms with van der Waals surface area (Å²) in [5.74, 6) is 0.301. The molecule has 2 N–H and O–H groups in total. The highest BCUT2D eigenvalue weighted by molar-refractivity contribution is 5.82. The molecule has 0 saturated carbocycles. The van der Waals surface area contributed by atoms with Gasteiger partial charge in [0.25, 0.3) is 5.56 Å². The Hall–Kier alpha value is -2.50. The van der Waals surface area contributed by atoms with Crippen LogP contribution >= 0.6 is 0 Å². The zero-order valence-corrected chi connectivity index (χ0v) is 9.06. The van der Waals surface area contributed by atoms with Crippen LogP contribution in [-0.4, -0.2) is 25.6 Å². The molecule has 3 aromatic rings. The van der Waals surface area contributed by atoms with Gasteiger partial charge in [-0.05, 0) is 35.7 Å². The number of aryl methyl sites for hydroxylation is 1. The van der Waals surface area contributed by atoms with Crippen molar-refractivity contribution in [1.82, 2.24) is 25.6 Å². The number of rotatable bonds is 1. The van der Waals surface area contributed by atoms with Crippen LogP contribution in [0.2, 0.25) is 0 Å². The lowest BCUT2D eigenvalue weighted by molar-refractivity contribution is 0.881. The van der Waals surface area contributed by atoms with Crippen LogP contribution < -0.4 is 5.56 Å². The first-order valence-corrected chi connectivity index (χ1v) is 5.11. The van der Waals surface area contributed by atoms with E-state index in [2.05, 4.69) is 25.6 Å². The van der Waals surface area contributed by atoms with Crippen molar-refractivity contribution in [2.24, 2.45) is 0 Å². The lowest BCUT2D eigenvalue weighted by atomic mass is 10.1. The van der Waals surface area contributed by atoms with Crippen LogP contribution in [0.15, 0.2) is 29.1 Å². The van der Waals surface area contributed by atoms with Crippen LogP contribution in [0.25, 0.3) is 22.3 Å². The SMILES string of the molecule is Cc1ccc2[nH]c(=O)c(-c3nn[nH]n3)cc2c1. The molecule has 0 aliphatic carbocycles. The maximum atomic E-state index is 11.8. The minimum absolute atomic E-state index is 0.220. The van der Waals surface area contributed by atoms with Gasteiger partial charge in [0.1, 0.15) is 0 Å². The molecule has 0 fully saturated rings. The Labute approximate surface area is 95.7 Å². The molecule has 0 bridgehead atoms. The summed E-state index contributed by atoms with van der Waals surface area (Å²) >= 11 is 0. The Bertz CT molecular complexity index is 729. The number of tetrazole rings is 1. The van der Waals surface area contributed by atoms with Gasteiger partial charge in [0, 0.05) is 5.52 Å². The van der Waals surface area contributed by atoms with Crippen molar-refractivity contribution in [3.63, 3.8) is 0 Å². The van der Waals surface area contributed by atoms with Crippen molar-refractivity contribution in [3.05, 3.63) is 40.2 Å². The molecular formula is C11H9N5O. The summed E-state index contributed by atoms with van der Waals surface area (Å²) in [5.41, 5.74) is 2.12. The first-order chi connectivity index (χ1) is 8.24. The number of hydrogen-bond donors (Lipinski definition) is 2. The molecule has 17 heavy (non-hydrogen) atoms. The molecule has 0 saturated heterocycles. The van der Waals surface area contributed by atoms with Crippen molar-refractivity contribution in [2.75, 3.05) is 0 Å². The number of H-pyrrole nitrogens is 2. The predicted molar refractivity (Wildman–Crippen MR) is 62.5 cm³/mol. The minimum atomic E-state index is -0.220. The van der Waals surface area contributed by atoms with Crippen LogP contribution in [0.3, 0.4) is 0 Å². The van der Waals surface area contributed by atoms with E-state index in [-0.39, 0.29) is 5.56 Å². The molecule has 0 atom stereocenters. The number of hydrogen-bond acceptors (Lipinski definition) is 4. The van der Waals surface area contributed by atoms with Gasteiger partial charge in [0.05, 0.1) is 5.56 Å². The maximum Gasteiger partial charge on any atom is 0.259 e. The van der Waals surface area contributed by atoms with Gasteiger partial charge in [-0.25, -0.2) is 0 Å². The lowest BCUT2D eigenvalue weighted by Crippen LogP contribution is -2.09. The molecule has 0 amide bonds. The molecule has 1 aromatic carbocycles. The van der Waals surface area contributed by atoms with E-state index in [1.165, 1.54) is 0 Å². The molecule has 0 aliphatic heterocycles. The van der Waals surface area contributed by atoms with E-state index in [0.29, 0.717) is 11.4 Å². The first-order valence-electron chi connectivity index (χ1n) is 5.11. The van der Waals surface area contributed by atoms with Gasteiger partial charge >= 0.3 is 0 Å². The molecule has 84 valence electrons. The van der Waals surface area contributed by atoms with E-state index in [9.17, 15) is 4.79 Å². The third kappa shape index (κ3) is 1.59. The van der Waals surface area contributed by atoms with Crippen LogP contribution in [0, 0.1) is 6.92 Å². The second kappa shape index (κ2) is 3.51. The van der Waals surface area contributed by atoms with E-state index in [1.54, 1.807) is 6.07 Å². The summed E-state index contributed by atoms with van der Waals surface area (Å²) in [6, 6.07) is 7.60. The second-order valence-electron chi connectivity index (χ2n) is 3.84. The summed E-state index contributed by atoms with van der Waals surface area (Å²) in [6.45, 7) is 2.00. The Morgan fingerprint density at radius 1 is 1.24 bits per heavy atom. The van der Waals surface area contributed by atoms with Crippen molar-refractivity contribution in [2.45, 2.75) is 6.92 Å². The molecule has 0 radical (unpaired) electrons. The number of pyridine rings is 1. The Morgan fingerprint density at radius 3 is 2.88 bits per heavy atom. The maximum absolute atomic E-state index is 11.8. The van der Waals surface area contributed by atoms with E-state index >= 15 is 0 Å². The molecule has 0 spiro atoms. The van der Waals surface area contributed by atoms with Gasteiger partial charge in [-0.1, -0.05) is 11.6 Å². The summed E-state index contributed by atoms with van der Waals surface area (Å²) < 4.78 is 0. The molecule has 0 aliphatic rings. The van der Waals surface area contributed by atoms with Crippen molar-refractivity contribution >= 4 is 10.9 Å². The summed E-state index contributed by atoms with van der Waals surface area (Å²) in [4.78, 5) is 14.6. The fourth-order valence-corrected chi connectivity index (χ4v) is 1.77. The standard InChI is InChI=1S/C11H9N5O/c1-6-2-3-9-7(4-6)5-8(11(17)12-9)10-13-15-16-14-10/h2-5H,1H3,(H,12,17)(H,13,14,15,16). The number of nitrogens with one attached hydrogen (secondary N) is 2. The largest absolute Gasteiger partial charge is 0.321 e. The highest BCUT2D eigenvalue weighted by Gasteiger charge is 2.09. The third-order valence-corrected chi connectivity index (χ3v) is 2.59. The number of fused-ring (bicyclic) bond motifs is 1. The fourth-order valence-electron chi connectivity index (χ4n) is 1.77. The smallest absolute Gasteiger partial charge is 0.259 e. The zero-order valence-electron chi connectivity index (χ0n) is 9.06. The average Bonchev–Trinajstić information content (AvgIpc) is 2.82. The number of nitrogens with zero attached hydrogens (tertiary/aromatic N) is 3. The quantitative estimate of drug-likeness (QED) is 0.649. The van der Waals surface area contributed by atoms with E-state index in [1.807, 2.05) is 25.1 Å². The number of aromatic amines is 2. The summed E-state index contributed by atoms with van der Waals surface area (Å²) in [5, 5.41) is 14.3. The Kier molecular flexibility index (Phi) is 2.01. The van der Waals surface area contributed by atoms with Crippen LogP contribution in [0.1, 0.15) is 5.56 Å². The molecule has 6 nitrogen and oxygen atoms in total. The van der Waals surface area contributed by atoms with Crippen LogP contribution in [-0.2, 0) is 0 Å². The monoisotopic (exact) mass is 227 g/mol. The molecule has 2 aromatic heterocycles. The van der Waals surface area contributed by atoms with Crippen molar-refractivity contribution < 1.29 is 0 Å². The van der Waals surface area contributed by atoms with Crippen molar-refractivity contribution in [1.29, 1.82) is 0 Å². The van der Waals surface area contributed by atoms with E-state index in [4.69, 9.17) is 0 Å². The predicted octanol–water partition coefficient (Wildman–Crippen LogP) is 1.02. The average molecular weight is 227 g/mol. The summed E-state index contributed by atoms with van der Waals surface area (Å²) in [7, 11) is 0. The molecule has 6 heteroatoms.